The molecule has 1 heterocycles. The van der Waals surface area contributed by atoms with E-state index in [2.05, 4.69) is 21.2 Å². The smallest absolute Gasteiger partial charge is 0.128 e. The summed E-state index contributed by atoms with van der Waals surface area (Å²) < 4.78 is 20.1. The first-order valence-electron chi connectivity index (χ1n) is 6.47. The number of benzene rings is 1. The molecular formula is C14H19BrFNO. The molecule has 2 nitrogen and oxygen atoms in total. The average Bonchev–Trinajstić information content (AvgIpc) is 2.85. The van der Waals surface area contributed by atoms with Gasteiger partial charge >= 0.3 is 0 Å². The van der Waals surface area contributed by atoms with Gasteiger partial charge in [-0.2, -0.15) is 0 Å². The highest BCUT2D eigenvalue weighted by atomic mass is 79.9. The molecule has 100 valence electrons. The molecule has 0 saturated carbocycles. The first kappa shape index (κ1) is 14.0. The molecule has 0 bridgehead atoms. The van der Waals surface area contributed by atoms with E-state index in [0.717, 1.165) is 30.5 Å². The molecule has 1 N–H and O–H groups in total. The van der Waals surface area contributed by atoms with Crippen LogP contribution in [0.4, 0.5) is 4.39 Å². The van der Waals surface area contributed by atoms with Gasteiger partial charge in [-0.3, -0.25) is 0 Å². The van der Waals surface area contributed by atoms with Crippen LogP contribution in [-0.4, -0.2) is 19.3 Å². The van der Waals surface area contributed by atoms with E-state index in [0.29, 0.717) is 11.7 Å². The molecule has 0 spiro atoms. The van der Waals surface area contributed by atoms with Gasteiger partial charge in [-0.1, -0.05) is 15.9 Å². The van der Waals surface area contributed by atoms with Crippen LogP contribution in [0.3, 0.4) is 0 Å². The molecule has 2 unspecified atom stereocenters. The van der Waals surface area contributed by atoms with Crippen LogP contribution in [0.5, 0.6) is 0 Å². The van der Waals surface area contributed by atoms with Gasteiger partial charge in [-0.05, 0) is 50.9 Å². The Labute approximate surface area is 116 Å². The van der Waals surface area contributed by atoms with Crippen molar-refractivity contribution in [3.63, 3.8) is 0 Å². The zero-order chi connectivity index (χ0) is 13.0. The van der Waals surface area contributed by atoms with E-state index < -0.39 is 0 Å². The summed E-state index contributed by atoms with van der Waals surface area (Å²) in [6.45, 7) is 3.73. The number of hydrogen-bond donors (Lipinski definition) is 1. The van der Waals surface area contributed by atoms with E-state index in [9.17, 15) is 4.39 Å². The lowest BCUT2D eigenvalue weighted by molar-refractivity contribution is 0.103. The molecule has 1 aliphatic heterocycles. The summed E-state index contributed by atoms with van der Waals surface area (Å²) in [5, 5.41) is 3.35. The Morgan fingerprint density at radius 1 is 1.56 bits per heavy atom. The lowest BCUT2D eigenvalue weighted by Crippen LogP contribution is -2.24. The second kappa shape index (κ2) is 6.64. The summed E-state index contributed by atoms with van der Waals surface area (Å²) in [5.74, 6) is -0.157. The lowest BCUT2D eigenvalue weighted by atomic mass is 10.1. The Bertz CT molecular complexity index is 393. The van der Waals surface area contributed by atoms with E-state index in [-0.39, 0.29) is 11.9 Å². The van der Waals surface area contributed by atoms with E-state index >= 15 is 0 Å². The van der Waals surface area contributed by atoms with E-state index in [4.69, 9.17) is 4.74 Å². The van der Waals surface area contributed by atoms with Crippen LogP contribution in [0.2, 0.25) is 0 Å². The fourth-order valence-corrected chi connectivity index (χ4v) is 2.67. The van der Waals surface area contributed by atoms with Gasteiger partial charge in [-0.25, -0.2) is 4.39 Å². The summed E-state index contributed by atoms with van der Waals surface area (Å²) in [5.41, 5.74) is 0.705. The van der Waals surface area contributed by atoms with Crippen molar-refractivity contribution in [2.45, 2.75) is 38.3 Å². The van der Waals surface area contributed by atoms with Crippen molar-refractivity contribution in [1.82, 2.24) is 5.32 Å². The fourth-order valence-electron chi connectivity index (χ4n) is 2.29. The Kier molecular flexibility index (Phi) is 5.15. The monoisotopic (exact) mass is 315 g/mol. The first-order chi connectivity index (χ1) is 8.66. The van der Waals surface area contributed by atoms with Gasteiger partial charge in [0.15, 0.2) is 0 Å². The normalized spacial score (nSPS) is 21.2. The van der Waals surface area contributed by atoms with Crippen LogP contribution in [0.25, 0.3) is 0 Å². The van der Waals surface area contributed by atoms with Gasteiger partial charge in [0.2, 0.25) is 0 Å². The molecule has 1 saturated heterocycles. The average molecular weight is 316 g/mol. The van der Waals surface area contributed by atoms with Crippen molar-refractivity contribution in [2.24, 2.45) is 0 Å². The van der Waals surface area contributed by atoms with Crippen LogP contribution < -0.4 is 5.32 Å². The molecule has 0 aliphatic carbocycles. The molecule has 1 aromatic carbocycles. The van der Waals surface area contributed by atoms with Crippen LogP contribution >= 0.6 is 15.9 Å². The maximum Gasteiger partial charge on any atom is 0.128 e. The summed E-state index contributed by atoms with van der Waals surface area (Å²) in [7, 11) is 0. The molecule has 0 radical (unpaired) electrons. The predicted octanol–water partition coefficient (Wildman–Crippen LogP) is 3.81. The third-order valence-electron chi connectivity index (χ3n) is 3.37. The van der Waals surface area contributed by atoms with Gasteiger partial charge in [-0.15, -0.1) is 0 Å². The van der Waals surface area contributed by atoms with Crippen LogP contribution in [0.1, 0.15) is 37.8 Å². The summed E-state index contributed by atoms with van der Waals surface area (Å²) in [4.78, 5) is 0. The molecule has 1 aromatic rings. The van der Waals surface area contributed by atoms with E-state index in [1.165, 1.54) is 12.5 Å². The second-order valence-electron chi connectivity index (χ2n) is 4.77. The van der Waals surface area contributed by atoms with Crippen LogP contribution in [-0.2, 0) is 4.74 Å². The highest BCUT2D eigenvalue weighted by molar-refractivity contribution is 9.10. The minimum atomic E-state index is -0.157. The van der Waals surface area contributed by atoms with Crippen molar-refractivity contribution in [3.8, 4) is 0 Å². The largest absolute Gasteiger partial charge is 0.378 e. The van der Waals surface area contributed by atoms with E-state index in [1.54, 1.807) is 6.07 Å². The van der Waals surface area contributed by atoms with Gasteiger partial charge in [0.1, 0.15) is 5.82 Å². The quantitative estimate of drug-likeness (QED) is 0.892. The molecule has 1 fully saturated rings. The molecule has 4 heteroatoms. The van der Waals surface area contributed by atoms with Gasteiger partial charge in [0.25, 0.3) is 0 Å². The van der Waals surface area contributed by atoms with Crippen molar-refractivity contribution in [3.05, 3.63) is 34.1 Å². The third kappa shape index (κ3) is 3.77. The maximum atomic E-state index is 13.7. The zero-order valence-electron chi connectivity index (χ0n) is 10.6. The lowest BCUT2D eigenvalue weighted by Gasteiger charge is -2.17. The van der Waals surface area contributed by atoms with E-state index in [1.807, 2.05) is 13.0 Å². The van der Waals surface area contributed by atoms with Crippen molar-refractivity contribution in [2.75, 3.05) is 13.2 Å². The molecule has 2 atom stereocenters. The van der Waals surface area contributed by atoms with Gasteiger partial charge < -0.3 is 10.1 Å². The minimum Gasteiger partial charge on any atom is -0.378 e. The minimum absolute atomic E-state index is 0.0175. The Hall–Kier alpha value is -0.450. The molecule has 0 amide bonds. The molecular weight excluding hydrogens is 297 g/mol. The fraction of sp³-hybridized carbons (Fsp3) is 0.571. The van der Waals surface area contributed by atoms with Gasteiger partial charge in [0, 0.05) is 22.7 Å². The predicted molar refractivity (Wildman–Crippen MR) is 74.1 cm³/mol. The van der Waals surface area contributed by atoms with Crippen LogP contribution in [0.15, 0.2) is 22.7 Å². The highest BCUT2D eigenvalue weighted by Crippen LogP contribution is 2.22. The number of nitrogens with one attached hydrogen (secondary N) is 1. The summed E-state index contributed by atoms with van der Waals surface area (Å²) in [6.07, 6.45) is 3.71. The first-order valence-corrected chi connectivity index (χ1v) is 7.26. The maximum absolute atomic E-state index is 13.7. The zero-order valence-corrected chi connectivity index (χ0v) is 12.2. The Morgan fingerprint density at radius 2 is 2.39 bits per heavy atom. The SMILES string of the molecule is CC(NCCC1CCCO1)c1cc(Br)ccc1F. The number of ether oxygens (including phenoxy) is 1. The topological polar surface area (TPSA) is 21.3 Å². The van der Waals surface area contributed by atoms with Crippen LogP contribution in [0, 0.1) is 5.82 Å². The van der Waals surface area contributed by atoms with Crippen molar-refractivity contribution in [1.29, 1.82) is 0 Å². The Morgan fingerprint density at radius 3 is 3.11 bits per heavy atom. The third-order valence-corrected chi connectivity index (χ3v) is 3.86. The summed E-state index contributed by atoms with van der Waals surface area (Å²) in [6, 6.07) is 5.07. The second-order valence-corrected chi connectivity index (χ2v) is 5.68. The standard InChI is InChI=1S/C14H19BrFNO/c1-10(13-9-11(15)4-5-14(13)16)17-7-6-12-3-2-8-18-12/h4-5,9-10,12,17H,2-3,6-8H2,1H3. The number of rotatable bonds is 5. The van der Waals surface area contributed by atoms with Crippen molar-refractivity contribution >= 4 is 15.9 Å². The molecule has 18 heavy (non-hydrogen) atoms. The van der Waals surface area contributed by atoms with Crippen molar-refractivity contribution < 1.29 is 9.13 Å². The summed E-state index contributed by atoms with van der Waals surface area (Å²) >= 11 is 3.37. The Balaban J connectivity index is 1.83. The number of hydrogen-bond acceptors (Lipinski definition) is 2. The molecule has 2 rings (SSSR count). The van der Waals surface area contributed by atoms with Gasteiger partial charge in [0.05, 0.1) is 6.10 Å². The number of halogens is 2. The molecule has 0 aromatic heterocycles. The molecule has 1 aliphatic rings. The highest BCUT2D eigenvalue weighted by Gasteiger charge is 2.16.